The molecule has 10 nitrogen and oxygen atoms in total. The number of hydrogen-bond acceptors (Lipinski definition) is 7. The molecule has 0 amide bonds. The van der Waals surface area contributed by atoms with E-state index in [-0.39, 0.29) is 24.2 Å². The molecule has 1 N–H and O–H groups in total. The first kappa shape index (κ1) is 28.2. The summed E-state index contributed by atoms with van der Waals surface area (Å²) in [6.07, 6.45) is 2.44. The van der Waals surface area contributed by atoms with E-state index in [2.05, 4.69) is 26.4 Å². The van der Waals surface area contributed by atoms with Gasteiger partial charge in [0.25, 0.3) is 12.0 Å². The predicted molar refractivity (Wildman–Crippen MR) is 159 cm³/mol. The van der Waals surface area contributed by atoms with Crippen molar-refractivity contribution < 1.29 is 8.78 Å². The van der Waals surface area contributed by atoms with Crippen LogP contribution in [-0.4, -0.2) is 65.1 Å². The molecule has 0 radical (unpaired) electrons. The Morgan fingerprint density at radius 3 is 2.60 bits per heavy atom. The minimum absolute atomic E-state index is 0.0116. The minimum atomic E-state index is -2.35. The molecular weight excluding hydrogens is 564 g/mol. The van der Waals surface area contributed by atoms with Gasteiger partial charge in [-0.15, -0.1) is 5.10 Å². The maximum Gasteiger partial charge on any atom is 0.259 e. The number of halogens is 3. The van der Waals surface area contributed by atoms with E-state index < -0.39 is 6.43 Å². The van der Waals surface area contributed by atoms with Crippen LogP contribution in [0.15, 0.2) is 41.6 Å². The van der Waals surface area contributed by atoms with Gasteiger partial charge >= 0.3 is 0 Å². The van der Waals surface area contributed by atoms with Crippen LogP contribution >= 0.6 is 11.6 Å². The molecule has 13 heteroatoms. The fourth-order valence-corrected chi connectivity index (χ4v) is 6.21. The first-order chi connectivity index (χ1) is 20.1. The number of rotatable bonds is 7. The number of likely N-dealkylation sites (tertiary alicyclic amines) is 1. The third-order valence-electron chi connectivity index (χ3n) is 8.01. The molecule has 6 rings (SSSR count). The van der Waals surface area contributed by atoms with Gasteiger partial charge in [0.05, 0.1) is 24.5 Å². The van der Waals surface area contributed by atoms with E-state index >= 15 is 0 Å². The maximum atomic E-state index is 13.8. The summed E-state index contributed by atoms with van der Waals surface area (Å²) in [6, 6.07) is 7.33. The van der Waals surface area contributed by atoms with E-state index in [1.54, 1.807) is 40.6 Å². The van der Waals surface area contributed by atoms with Crippen molar-refractivity contribution in [2.45, 2.75) is 45.2 Å². The van der Waals surface area contributed by atoms with Gasteiger partial charge in [0.2, 0.25) is 5.82 Å². The summed E-state index contributed by atoms with van der Waals surface area (Å²) in [6.45, 7) is 4.91. The van der Waals surface area contributed by atoms with Crippen molar-refractivity contribution in [2.24, 2.45) is 14.1 Å². The van der Waals surface area contributed by atoms with Gasteiger partial charge in [-0.05, 0) is 56.0 Å². The maximum absolute atomic E-state index is 13.8. The number of anilines is 1. The molecule has 42 heavy (non-hydrogen) atoms. The second-order valence-electron chi connectivity index (χ2n) is 11.0. The smallest absolute Gasteiger partial charge is 0.259 e. The molecule has 0 aliphatic carbocycles. The highest BCUT2D eigenvalue weighted by Gasteiger charge is 2.27. The first-order valence-electron chi connectivity index (χ1n) is 13.9. The normalized spacial score (nSPS) is 15.7. The zero-order chi connectivity index (χ0) is 29.7. The van der Waals surface area contributed by atoms with Crippen molar-refractivity contribution in [1.82, 2.24) is 39.0 Å². The molecule has 1 aliphatic rings. The van der Waals surface area contributed by atoms with Crippen LogP contribution in [0.2, 0.25) is 5.15 Å². The summed E-state index contributed by atoms with van der Waals surface area (Å²) in [5.41, 5.74) is 3.75. The molecule has 1 unspecified atom stereocenters. The van der Waals surface area contributed by atoms with Crippen molar-refractivity contribution in [3.8, 4) is 11.5 Å². The molecule has 0 spiro atoms. The van der Waals surface area contributed by atoms with E-state index in [0.29, 0.717) is 53.7 Å². The van der Waals surface area contributed by atoms with Crippen molar-refractivity contribution in [3.05, 3.63) is 63.4 Å². The molecule has 5 heterocycles. The zero-order valence-electron chi connectivity index (χ0n) is 23.9. The number of benzene rings is 1. The number of alkyl halides is 2. The quantitative estimate of drug-likeness (QED) is 0.261. The molecule has 1 aliphatic heterocycles. The highest BCUT2D eigenvalue weighted by atomic mass is 35.5. The van der Waals surface area contributed by atoms with Gasteiger partial charge in [-0.2, -0.15) is 5.10 Å². The van der Waals surface area contributed by atoms with Crippen molar-refractivity contribution in [1.29, 1.82) is 0 Å². The molecule has 4 aromatic heterocycles. The highest BCUT2D eigenvalue weighted by Crippen LogP contribution is 2.36. The molecule has 1 aromatic carbocycles. The van der Waals surface area contributed by atoms with Gasteiger partial charge in [0.1, 0.15) is 22.8 Å². The average molecular weight is 596 g/mol. The SMILES string of the molecule is Cc1cc(C(C)Nc2ccc(Cl)nc2-c2ncn(C)n2)c2c(c1)c(=O)n(C)c1c2cnn1C1CCN(CC(F)F)CC1. The van der Waals surface area contributed by atoms with Crippen LogP contribution < -0.4 is 10.9 Å². The molecular formula is C29H32ClF2N9O. The largest absolute Gasteiger partial charge is 0.377 e. The van der Waals surface area contributed by atoms with E-state index in [0.717, 1.165) is 27.5 Å². The molecule has 0 bridgehead atoms. The molecule has 1 saturated heterocycles. The second-order valence-corrected chi connectivity index (χ2v) is 11.4. The second kappa shape index (κ2) is 11.1. The number of aromatic nitrogens is 7. The Morgan fingerprint density at radius 2 is 1.90 bits per heavy atom. The van der Waals surface area contributed by atoms with Crippen molar-refractivity contribution in [2.75, 3.05) is 25.0 Å². The van der Waals surface area contributed by atoms with Crippen LogP contribution in [0.1, 0.15) is 43.0 Å². The number of nitrogens with zero attached hydrogens (tertiary/aromatic N) is 8. The van der Waals surface area contributed by atoms with Gasteiger partial charge < -0.3 is 5.32 Å². The predicted octanol–water partition coefficient (Wildman–Crippen LogP) is 5.12. The molecule has 1 fully saturated rings. The van der Waals surface area contributed by atoms with Crippen LogP contribution in [-0.2, 0) is 14.1 Å². The average Bonchev–Trinajstić information content (AvgIpc) is 3.59. The summed E-state index contributed by atoms with van der Waals surface area (Å²) in [4.78, 5) is 24.4. The zero-order valence-corrected chi connectivity index (χ0v) is 24.6. The number of hydrogen-bond donors (Lipinski definition) is 1. The molecule has 5 aromatic rings. The summed E-state index contributed by atoms with van der Waals surface area (Å²) in [5.74, 6) is 0.445. The Labute approximate surface area is 245 Å². The first-order valence-corrected chi connectivity index (χ1v) is 14.3. The summed E-state index contributed by atoms with van der Waals surface area (Å²) < 4.78 is 31.0. The Kier molecular flexibility index (Phi) is 7.44. The lowest BCUT2D eigenvalue weighted by atomic mass is 9.95. The van der Waals surface area contributed by atoms with Gasteiger partial charge in [-0.1, -0.05) is 17.7 Å². The molecule has 1 atom stereocenters. The lowest BCUT2D eigenvalue weighted by Crippen LogP contribution is -2.38. The van der Waals surface area contributed by atoms with Crippen LogP contribution in [0, 0.1) is 6.92 Å². The number of aryl methyl sites for hydroxylation is 3. The van der Waals surface area contributed by atoms with E-state index in [9.17, 15) is 13.6 Å². The number of nitrogens with one attached hydrogen (secondary N) is 1. The van der Waals surface area contributed by atoms with Crippen LogP contribution in [0.3, 0.4) is 0 Å². The lowest BCUT2D eigenvalue weighted by molar-refractivity contribution is 0.0693. The van der Waals surface area contributed by atoms with Gasteiger partial charge in [-0.25, -0.2) is 23.4 Å². The van der Waals surface area contributed by atoms with Crippen LogP contribution in [0.4, 0.5) is 14.5 Å². The molecule has 220 valence electrons. The fraction of sp³-hybridized carbons (Fsp3) is 0.414. The van der Waals surface area contributed by atoms with E-state index in [1.807, 2.05) is 36.9 Å². The Balaban J connectivity index is 1.43. The number of piperidine rings is 1. The van der Waals surface area contributed by atoms with E-state index in [1.165, 1.54) is 0 Å². The van der Waals surface area contributed by atoms with Crippen molar-refractivity contribution in [3.63, 3.8) is 0 Å². The summed E-state index contributed by atoms with van der Waals surface area (Å²) >= 11 is 6.24. The van der Waals surface area contributed by atoms with Gasteiger partial charge in [0, 0.05) is 49.4 Å². The summed E-state index contributed by atoms with van der Waals surface area (Å²) in [7, 11) is 3.55. The van der Waals surface area contributed by atoms with Crippen molar-refractivity contribution >= 4 is 39.1 Å². The molecule has 0 saturated carbocycles. The third kappa shape index (κ3) is 5.13. The van der Waals surface area contributed by atoms with Gasteiger partial charge in [-0.3, -0.25) is 18.9 Å². The minimum Gasteiger partial charge on any atom is -0.377 e. The Morgan fingerprint density at radius 1 is 1.14 bits per heavy atom. The standard InChI is InChI=1S/C29H32ClF2N9O/c1-16-11-19(17(2)35-22-5-6-23(30)36-26(22)27-33-15-38(3)37-27)25-20(12-16)29(42)39(4)28-21(25)13-34-41(28)18-7-9-40(10-8-18)14-24(31)32/h5-6,11-13,15,17-18,24,35H,7-10,14H2,1-4H3. The monoisotopic (exact) mass is 595 g/mol. The number of fused-ring (bicyclic) bond motifs is 3. The van der Waals surface area contributed by atoms with Crippen LogP contribution in [0.25, 0.3) is 33.3 Å². The highest BCUT2D eigenvalue weighted by molar-refractivity contribution is 6.29. The topological polar surface area (TPSA) is 98.7 Å². The Bertz CT molecular complexity index is 1840. The lowest BCUT2D eigenvalue weighted by Gasteiger charge is -2.32. The number of pyridine rings is 2. The van der Waals surface area contributed by atoms with E-state index in [4.69, 9.17) is 16.7 Å². The Hall–Kier alpha value is -3.90. The summed E-state index contributed by atoms with van der Waals surface area (Å²) in [5, 5.41) is 15.4. The van der Waals surface area contributed by atoms with Gasteiger partial charge in [0.15, 0.2) is 0 Å². The van der Waals surface area contributed by atoms with Crippen LogP contribution in [0.5, 0.6) is 0 Å². The fourth-order valence-electron chi connectivity index (χ4n) is 6.06. The third-order valence-corrected chi connectivity index (χ3v) is 8.23.